The van der Waals surface area contributed by atoms with Crippen LogP contribution in [-0.4, -0.2) is 12.6 Å². The van der Waals surface area contributed by atoms with Gasteiger partial charge in [-0.25, -0.2) is 4.79 Å². The number of hydrogen-bond donors (Lipinski definition) is 1. The second-order valence-corrected chi connectivity index (χ2v) is 7.27. The largest absolute Gasteiger partial charge is 0.462 e. The Bertz CT molecular complexity index is 1150. The quantitative estimate of drug-likeness (QED) is 0.310. The van der Waals surface area contributed by atoms with Crippen LogP contribution in [0.15, 0.2) is 52.9 Å². The van der Waals surface area contributed by atoms with Gasteiger partial charge < -0.3 is 14.5 Å². The first-order valence-electron chi connectivity index (χ1n) is 8.82. The minimum Gasteiger partial charge on any atom is -0.462 e. The van der Waals surface area contributed by atoms with Crippen molar-refractivity contribution in [2.75, 3.05) is 11.9 Å². The fraction of sp³-hybridized carbons (Fsp3) is 0.0909. The number of esters is 1. The number of furan rings is 1. The third-order valence-electron chi connectivity index (χ3n) is 3.99. The van der Waals surface area contributed by atoms with Gasteiger partial charge in [-0.15, -0.1) is 0 Å². The fourth-order valence-electron chi connectivity index (χ4n) is 2.63. The van der Waals surface area contributed by atoms with Crippen molar-refractivity contribution >= 4 is 64.0 Å². The summed E-state index contributed by atoms with van der Waals surface area (Å²) in [4.78, 5) is 12.5. The van der Waals surface area contributed by atoms with Crippen LogP contribution in [0.2, 0.25) is 15.1 Å². The van der Waals surface area contributed by atoms with Crippen molar-refractivity contribution in [3.63, 3.8) is 0 Å². The normalized spacial score (nSPS) is 11.1. The molecule has 0 aliphatic heterocycles. The zero-order valence-corrected chi connectivity index (χ0v) is 18.0. The standard InChI is InChI=1S/C22H15Cl3N2O3/c1-2-29-22(28)19-20(25)18(11-14(12-26)13-4-3-5-16(24)10-13)30-21(19)27-17-8-6-15(23)7-9-17/h3-11,27H,2H2,1H3/b14-11+. The Morgan fingerprint density at radius 1 is 1.17 bits per heavy atom. The van der Waals surface area contributed by atoms with Gasteiger partial charge in [0.2, 0.25) is 5.88 Å². The van der Waals surface area contributed by atoms with E-state index < -0.39 is 5.97 Å². The summed E-state index contributed by atoms with van der Waals surface area (Å²) in [5.41, 5.74) is 1.51. The maximum atomic E-state index is 12.5. The maximum Gasteiger partial charge on any atom is 0.345 e. The predicted octanol–water partition coefficient (Wildman–Crippen LogP) is 7.22. The van der Waals surface area contributed by atoms with Crippen LogP contribution in [0.25, 0.3) is 11.6 Å². The van der Waals surface area contributed by atoms with E-state index >= 15 is 0 Å². The monoisotopic (exact) mass is 460 g/mol. The van der Waals surface area contributed by atoms with E-state index in [0.717, 1.165) is 0 Å². The molecular formula is C22H15Cl3N2O3. The molecule has 0 fully saturated rings. The van der Waals surface area contributed by atoms with Gasteiger partial charge in [0.05, 0.1) is 18.2 Å². The minimum absolute atomic E-state index is 0.0275. The van der Waals surface area contributed by atoms with Crippen LogP contribution in [0.4, 0.5) is 11.6 Å². The highest BCUT2D eigenvalue weighted by molar-refractivity contribution is 6.36. The molecule has 3 aromatic rings. The fourth-order valence-corrected chi connectivity index (χ4v) is 3.20. The Morgan fingerprint density at radius 2 is 1.90 bits per heavy atom. The van der Waals surface area contributed by atoms with Crippen LogP contribution in [-0.2, 0) is 4.74 Å². The Morgan fingerprint density at radius 3 is 2.53 bits per heavy atom. The molecule has 0 amide bonds. The molecular weight excluding hydrogens is 447 g/mol. The van der Waals surface area contributed by atoms with Gasteiger partial charge in [0.15, 0.2) is 0 Å². The number of nitrogens with one attached hydrogen (secondary N) is 1. The van der Waals surface area contributed by atoms with Crippen LogP contribution >= 0.6 is 34.8 Å². The molecule has 0 unspecified atom stereocenters. The number of allylic oxidation sites excluding steroid dienone is 1. The zero-order valence-electron chi connectivity index (χ0n) is 15.7. The topological polar surface area (TPSA) is 75.3 Å². The number of hydrogen-bond acceptors (Lipinski definition) is 5. The summed E-state index contributed by atoms with van der Waals surface area (Å²) in [6, 6.07) is 15.7. The summed E-state index contributed by atoms with van der Waals surface area (Å²) in [6.45, 7) is 1.85. The van der Waals surface area contributed by atoms with Crippen molar-refractivity contribution in [1.82, 2.24) is 0 Å². The first kappa shape index (κ1) is 21.8. The molecule has 0 radical (unpaired) electrons. The number of benzene rings is 2. The number of carbonyl (C=O) groups is 1. The Kier molecular flexibility index (Phi) is 7.07. The number of nitriles is 1. The average Bonchev–Trinajstić information content (AvgIpc) is 3.02. The number of halogens is 3. The lowest BCUT2D eigenvalue weighted by Crippen LogP contribution is -2.06. The molecule has 0 spiro atoms. The van der Waals surface area contributed by atoms with Crippen LogP contribution in [0.5, 0.6) is 0 Å². The molecule has 0 bridgehead atoms. The van der Waals surface area contributed by atoms with Gasteiger partial charge in [0, 0.05) is 21.8 Å². The Balaban J connectivity index is 2.07. The molecule has 0 saturated heterocycles. The molecule has 1 aromatic heterocycles. The smallest absolute Gasteiger partial charge is 0.345 e. The maximum absolute atomic E-state index is 12.5. The zero-order chi connectivity index (χ0) is 21.7. The van der Waals surface area contributed by atoms with Gasteiger partial charge in [0.1, 0.15) is 16.3 Å². The molecule has 8 heteroatoms. The van der Waals surface area contributed by atoms with E-state index in [0.29, 0.717) is 21.3 Å². The van der Waals surface area contributed by atoms with Gasteiger partial charge in [-0.2, -0.15) is 5.26 Å². The molecule has 1 heterocycles. The van der Waals surface area contributed by atoms with Crippen molar-refractivity contribution in [2.45, 2.75) is 6.92 Å². The van der Waals surface area contributed by atoms with E-state index in [2.05, 4.69) is 11.4 Å². The summed E-state index contributed by atoms with van der Waals surface area (Å²) in [7, 11) is 0. The van der Waals surface area contributed by atoms with Crippen molar-refractivity contribution in [3.05, 3.63) is 80.5 Å². The third-order valence-corrected chi connectivity index (χ3v) is 4.85. The van der Waals surface area contributed by atoms with Crippen LogP contribution < -0.4 is 5.32 Å². The van der Waals surface area contributed by atoms with Gasteiger partial charge in [-0.05, 0) is 48.9 Å². The molecule has 5 nitrogen and oxygen atoms in total. The Labute approximate surface area is 188 Å². The third kappa shape index (κ3) is 4.98. The summed E-state index contributed by atoms with van der Waals surface area (Å²) < 4.78 is 10.9. The molecule has 0 aliphatic rings. The second-order valence-electron chi connectivity index (χ2n) is 6.02. The lowest BCUT2D eigenvalue weighted by Gasteiger charge is -2.06. The van der Waals surface area contributed by atoms with Gasteiger partial charge in [-0.3, -0.25) is 0 Å². The van der Waals surface area contributed by atoms with Gasteiger partial charge in [-0.1, -0.05) is 46.9 Å². The molecule has 1 N–H and O–H groups in total. The van der Waals surface area contributed by atoms with Gasteiger partial charge in [0.25, 0.3) is 0 Å². The summed E-state index contributed by atoms with van der Waals surface area (Å²) >= 11 is 18.4. The number of ether oxygens (including phenoxy) is 1. The number of carbonyl (C=O) groups excluding carboxylic acids is 1. The average molecular weight is 462 g/mol. The van der Waals surface area contributed by atoms with E-state index in [-0.39, 0.29) is 34.4 Å². The van der Waals surface area contributed by atoms with E-state index in [1.165, 1.54) is 6.08 Å². The van der Waals surface area contributed by atoms with Crippen molar-refractivity contribution < 1.29 is 13.9 Å². The highest BCUT2D eigenvalue weighted by atomic mass is 35.5. The molecule has 0 saturated carbocycles. The highest BCUT2D eigenvalue weighted by Crippen LogP contribution is 2.37. The van der Waals surface area contributed by atoms with E-state index in [4.69, 9.17) is 44.0 Å². The Hall–Kier alpha value is -2.91. The van der Waals surface area contributed by atoms with Crippen molar-refractivity contribution in [3.8, 4) is 6.07 Å². The summed E-state index contributed by atoms with van der Waals surface area (Å²) in [5, 5.41) is 13.7. The number of rotatable bonds is 6. The summed E-state index contributed by atoms with van der Waals surface area (Å²) in [5.74, 6) is -0.424. The van der Waals surface area contributed by atoms with Gasteiger partial charge >= 0.3 is 5.97 Å². The van der Waals surface area contributed by atoms with E-state index in [1.54, 1.807) is 55.5 Å². The SMILES string of the molecule is CCOC(=O)c1c(Nc2ccc(Cl)cc2)oc(/C=C(\C#N)c2cccc(Cl)c2)c1Cl. The number of nitrogens with zero attached hydrogens (tertiary/aromatic N) is 1. The van der Waals surface area contributed by atoms with E-state index in [9.17, 15) is 10.1 Å². The molecule has 2 aromatic carbocycles. The highest BCUT2D eigenvalue weighted by Gasteiger charge is 2.26. The second kappa shape index (κ2) is 9.73. The number of anilines is 2. The lowest BCUT2D eigenvalue weighted by molar-refractivity contribution is 0.0527. The molecule has 0 aliphatic carbocycles. The molecule has 0 atom stereocenters. The molecule has 30 heavy (non-hydrogen) atoms. The molecule has 152 valence electrons. The minimum atomic E-state index is -0.649. The summed E-state index contributed by atoms with van der Waals surface area (Å²) in [6.07, 6.45) is 1.45. The molecule has 3 rings (SSSR count). The van der Waals surface area contributed by atoms with Crippen LogP contribution in [0.3, 0.4) is 0 Å². The lowest BCUT2D eigenvalue weighted by atomic mass is 10.1. The first-order valence-corrected chi connectivity index (χ1v) is 9.96. The van der Waals surface area contributed by atoms with Crippen molar-refractivity contribution in [2.24, 2.45) is 0 Å². The van der Waals surface area contributed by atoms with E-state index in [1.807, 2.05) is 0 Å². The predicted molar refractivity (Wildman–Crippen MR) is 119 cm³/mol. The van der Waals surface area contributed by atoms with Crippen molar-refractivity contribution in [1.29, 1.82) is 5.26 Å². The van der Waals surface area contributed by atoms with Crippen LogP contribution in [0.1, 0.15) is 28.6 Å². The first-order chi connectivity index (χ1) is 14.4. The van der Waals surface area contributed by atoms with Crippen LogP contribution in [0, 0.1) is 11.3 Å².